The highest BCUT2D eigenvalue weighted by Gasteiger charge is 2.26. The highest BCUT2D eigenvalue weighted by Crippen LogP contribution is 2.13. The topological polar surface area (TPSA) is 230 Å². The predicted molar refractivity (Wildman–Crippen MR) is 260 cm³/mol. The number of esters is 2. The molecule has 5 N–H and O–H groups in total. The number of hydrogen-bond donors (Lipinski definition) is 4. The molecule has 3 amide bonds. The summed E-state index contributed by atoms with van der Waals surface area (Å²) in [6.07, 6.45) is 3.95. The van der Waals surface area contributed by atoms with Crippen LogP contribution in [0.3, 0.4) is 0 Å². The standard InChI is InChI=1S/C48H80N8O10S/c1-35(57)31-53-20-22-54(23-25-56(34-45(63)66-48(6,7)8)27-26-55(24-21-53)33-44(62)65-47(3,4)5)32-43(61)50-30-37-13-12-14-38(29-37)46(64)52-40(18-28-67-9)41(59)16-17-42(60)51-39(36(2)58)15-10-11-19-49/h12-14,29,39-40H,10-11,15-28,30-34,49H2,1-9H3,(H,50,61)(H,51,60)(H,52,64)/t39-,40-/m0/s1. The lowest BCUT2D eigenvalue weighted by molar-refractivity contribution is -0.158. The van der Waals surface area contributed by atoms with Gasteiger partial charge in [0.2, 0.25) is 11.8 Å². The molecule has 0 bridgehead atoms. The van der Waals surface area contributed by atoms with E-state index in [9.17, 15) is 38.4 Å². The molecule has 67 heavy (non-hydrogen) atoms. The van der Waals surface area contributed by atoms with E-state index in [0.717, 1.165) is 6.42 Å². The molecule has 0 saturated carbocycles. The molecule has 0 aromatic heterocycles. The van der Waals surface area contributed by atoms with E-state index in [1.807, 2.05) is 67.4 Å². The van der Waals surface area contributed by atoms with E-state index in [1.54, 1.807) is 24.3 Å². The number of thioether (sulfide) groups is 1. The van der Waals surface area contributed by atoms with Gasteiger partial charge in [-0.05, 0) is 117 Å². The van der Waals surface area contributed by atoms with Crippen LogP contribution in [0.1, 0.15) is 110 Å². The Morgan fingerprint density at radius 3 is 1.67 bits per heavy atom. The molecule has 1 aromatic carbocycles. The number of ketones is 3. The number of carbonyl (C=O) groups excluding carboxylic acids is 8. The maximum absolute atomic E-state index is 13.6. The first-order chi connectivity index (χ1) is 31.5. The van der Waals surface area contributed by atoms with Gasteiger partial charge in [-0.1, -0.05) is 12.1 Å². The van der Waals surface area contributed by atoms with Crippen molar-refractivity contribution in [3.05, 3.63) is 35.4 Å². The zero-order valence-corrected chi connectivity index (χ0v) is 42.5. The number of amides is 3. The first-order valence-electron chi connectivity index (χ1n) is 23.5. The summed E-state index contributed by atoms with van der Waals surface area (Å²) in [5.41, 5.74) is 5.20. The Hall–Kier alpha value is -4.27. The van der Waals surface area contributed by atoms with Gasteiger partial charge in [-0.25, -0.2) is 0 Å². The Kier molecular flexibility index (Phi) is 26.6. The maximum atomic E-state index is 13.6. The fourth-order valence-corrected chi connectivity index (χ4v) is 7.73. The van der Waals surface area contributed by atoms with Crippen LogP contribution >= 0.6 is 11.8 Å². The van der Waals surface area contributed by atoms with E-state index < -0.39 is 35.1 Å². The number of ether oxygens (including phenoxy) is 2. The first-order valence-corrected chi connectivity index (χ1v) is 24.9. The monoisotopic (exact) mass is 961 g/mol. The Balaban J connectivity index is 2.15. The molecule has 0 spiro atoms. The van der Waals surface area contributed by atoms with Gasteiger partial charge < -0.3 is 31.2 Å². The fraction of sp³-hybridized carbons (Fsp3) is 0.708. The smallest absolute Gasteiger partial charge is 0.320 e. The molecule has 1 aliphatic rings. The van der Waals surface area contributed by atoms with E-state index in [1.165, 1.54) is 25.6 Å². The van der Waals surface area contributed by atoms with Gasteiger partial charge in [-0.2, -0.15) is 11.8 Å². The van der Waals surface area contributed by atoms with Crippen molar-refractivity contribution in [2.45, 2.75) is 124 Å². The molecule has 19 heteroatoms. The van der Waals surface area contributed by atoms with Crippen LogP contribution < -0.4 is 21.7 Å². The molecule has 0 unspecified atom stereocenters. The lowest BCUT2D eigenvalue weighted by Gasteiger charge is -2.34. The number of nitrogens with zero attached hydrogens (tertiary/aromatic N) is 4. The third-order valence-electron chi connectivity index (χ3n) is 10.6. The van der Waals surface area contributed by atoms with Gasteiger partial charge in [-0.15, -0.1) is 0 Å². The van der Waals surface area contributed by atoms with Gasteiger partial charge in [0.05, 0.1) is 38.3 Å². The molecular formula is C48H80N8O10S. The molecule has 1 aliphatic heterocycles. The lowest BCUT2D eigenvalue weighted by Crippen LogP contribution is -2.50. The average molecular weight is 961 g/mol. The molecule has 0 radical (unpaired) electrons. The number of rotatable bonds is 25. The van der Waals surface area contributed by atoms with Crippen molar-refractivity contribution in [2.75, 3.05) is 97.1 Å². The molecule has 18 nitrogen and oxygen atoms in total. The zero-order chi connectivity index (χ0) is 50.2. The molecule has 1 saturated heterocycles. The summed E-state index contributed by atoms with van der Waals surface area (Å²) in [4.78, 5) is 111. The number of unbranched alkanes of at least 4 members (excludes halogenated alkanes) is 1. The minimum atomic E-state index is -0.827. The van der Waals surface area contributed by atoms with E-state index in [4.69, 9.17) is 15.2 Å². The highest BCUT2D eigenvalue weighted by molar-refractivity contribution is 7.98. The molecular weight excluding hydrogens is 881 g/mol. The van der Waals surface area contributed by atoms with Crippen LogP contribution in [-0.4, -0.2) is 187 Å². The molecule has 2 rings (SSSR count). The van der Waals surface area contributed by atoms with Crippen molar-refractivity contribution in [3.63, 3.8) is 0 Å². The molecule has 2 atom stereocenters. The second-order valence-electron chi connectivity index (χ2n) is 19.2. The number of carbonyl (C=O) groups is 8. The summed E-state index contributed by atoms with van der Waals surface area (Å²) in [6, 6.07) is 5.30. The van der Waals surface area contributed by atoms with Crippen molar-refractivity contribution in [2.24, 2.45) is 5.73 Å². The quantitative estimate of drug-likeness (QED) is 0.0814. The van der Waals surface area contributed by atoms with Crippen molar-refractivity contribution >= 4 is 58.8 Å². The summed E-state index contributed by atoms with van der Waals surface area (Å²) in [5.74, 6) is -1.75. The van der Waals surface area contributed by atoms with Crippen LogP contribution in [0.25, 0.3) is 0 Å². The number of Topliss-reactive ketones (excluding diaryl/α,β-unsaturated/α-hetero) is 3. The summed E-state index contributed by atoms with van der Waals surface area (Å²) >= 11 is 1.53. The maximum Gasteiger partial charge on any atom is 0.320 e. The predicted octanol–water partition coefficient (Wildman–Crippen LogP) is 2.20. The number of nitrogens with one attached hydrogen (secondary N) is 3. The third-order valence-corrected chi connectivity index (χ3v) is 11.3. The van der Waals surface area contributed by atoms with Gasteiger partial charge in [0, 0.05) is 77.3 Å². The summed E-state index contributed by atoms with van der Waals surface area (Å²) in [7, 11) is 0. The minimum absolute atomic E-state index is 0.00811. The second-order valence-corrected chi connectivity index (χ2v) is 20.2. The van der Waals surface area contributed by atoms with Crippen LogP contribution in [0, 0.1) is 0 Å². The van der Waals surface area contributed by atoms with Gasteiger partial charge >= 0.3 is 11.9 Å². The molecule has 378 valence electrons. The van der Waals surface area contributed by atoms with Crippen LogP contribution in [0.15, 0.2) is 24.3 Å². The van der Waals surface area contributed by atoms with Crippen molar-refractivity contribution in [1.29, 1.82) is 0 Å². The van der Waals surface area contributed by atoms with Crippen molar-refractivity contribution in [3.8, 4) is 0 Å². The van der Waals surface area contributed by atoms with Gasteiger partial charge in [0.25, 0.3) is 5.91 Å². The Morgan fingerprint density at radius 2 is 1.19 bits per heavy atom. The van der Waals surface area contributed by atoms with Gasteiger partial charge in [0.1, 0.15) is 17.0 Å². The molecule has 1 fully saturated rings. The van der Waals surface area contributed by atoms with E-state index in [-0.39, 0.29) is 80.8 Å². The number of nitrogens with two attached hydrogens (primary N) is 1. The van der Waals surface area contributed by atoms with Crippen LogP contribution in [-0.2, 0) is 49.6 Å². The summed E-state index contributed by atoms with van der Waals surface area (Å²) in [6.45, 7) is 18.3. The number of hydrogen-bond acceptors (Lipinski definition) is 16. The first kappa shape index (κ1) is 58.9. The largest absolute Gasteiger partial charge is 0.459 e. The number of benzene rings is 1. The Labute approximate surface area is 402 Å². The van der Waals surface area contributed by atoms with Crippen LogP contribution in [0.2, 0.25) is 0 Å². The third kappa shape index (κ3) is 26.8. The van der Waals surface area contributed by atoms with E-state index >= 15 is 0 Å². The Bertz CT molecular complexity index is 1780. The average Bonchev–Trinajstić information content (AvgIpc) is 3.22. The van der Waals surface area contributed by atoms with Crippen LogP contribution in [0.5, 0.6) is 0 Å². The van der Waals surface area contributed by atoms with Gasteiger partial charge in [-0.3, -0.25) is 58.0 Å². The summed E-state index contributed by atoms with van der Waals surface area (Å²) in [5, 5.41) is 8.53. The zero-order valence-electron chi connectivity index (χ0n) is 41.7. The summed E-state index contributed by atoms with van der Waals surface area (Å²) < 4.78 is 11.2. The molecule has 0 aliphatic carbocycles. The van der Waals surface area contributed by atoms with E-state index in [2.05, 4.69) is 16.0 Å². The minimum Gasteiger partial charge on any atom is -0.459 e. The van der Waals surface area contributed by atoms with Crippen molar-refractivity contribution in [1.82, 2.24) is 35.6 Å². The van der Waals surface area contributed by atoms with E-state index in [0.29, 0.717) is 95.0 Å². The lowest BCUT2D eigenvalue weighted by atomic mass is 10.0. The SMILES string of the molecule is CSCC[C@H](NC(=O)c1cccc(CNC(=O)CN2CCN(CC(C)=O)CCN(CC(=O)OC(C)(C)C)CCN(CC(=O)OC(C)(C)C)CC2)c1)C(=O)CCC(=O)N[C@@H](CCCCN)C(C)=O. The van der Waals surface area contributed by atoms with Crippen molar-refractivity contribution < 1.29 is 47.8 Å². The second kappa shape index (κ2) is 30.3. The Morgan fingerprint density at radius 1 is 0.672 bits per heavy atom. The van der Waals surface area contributed by atoms with Gasteiger partial charge in [0.15, 0.2) is 11.6 Å². The molecule has 1 aromatic rings. The fourth-order valence-electron chi connectivity index (χ4n) is 7.26. The van der Waals surface area contributed by atoms with Crippen LogP contribution in [0.4, 0.5) is 0 Å². The normalized spacial score (nSPS) is 16.1. The highest BCUT2D eigenvalue weighted by atomic mass is 32.2. The molecule has 1 heterocycles.